The van der Waals surface area contributed by atoms with Crippen LogP contribution in [0.25, 0.3) is 5.65 Å². The van der Waals surface area contributed by atoms with E-state index >= 15 is 0 Å². The molecule has 2 heterocycles. The number of aryl methyl sites for hydroxylation is 1. The minimum Gasteiger partial charge on any atom is -0.325 e. The number of hydrogen-bond acceptors (Lipinski definition) is 4. The molecule has 6 nitrogen and oxygen atoms in total. The number of nitrogens with one attached hydrogen (secondary N) is 2. The summed E-state index contributed by atoms with van der Waals surface area (Å²) in [6.07, 6.45) is 0. The highest BCUT2D eigenvalue weighted by Gasteiger charge is 2.09. The van der Waals surface area contributed by atoms with Gasteiger partial charge in [0.1, 0.15) is 5.82 Å². The maximum atomic E-state index is 13.1. The van der Waals surface area contributed by atoms with Crippen molar-refractivity contribution in [1.82, 2.24) is 19.6 Å². The van der Waals surface area contributed by atoms with Gasteiger partial charge < -0.3 is 5.32 Å². The van der Waals surface area contributed by atoms with E-state index in [1.165, 1.54) is 16.5 Å². The Labute approximate surface area is 106 Å². The minimum absolute atomic E-state index is 0.291. The standard InChI is InChI=1S/C12H10FN5O/c1-7-5-10-16-17-12(19)18(10)11(14-7)15-9-4-2-3-8(13)6-9/h2-6H,1H3,(H,14,15)(H,17,19). The first kappa shape index (κ1) is 11.4. The van der Waals surface area contributed by atoms with Crippen LogP contribution in [0.3, 0.4) is 0 Å². The lowest BCUT2D eigenvalue weighted by atomic mass is 10.3. The van der Waals surface area contributed by atoms with Crippen LogP contribution in [0.5, 0.6) is 0 Å². The van der Waals surface area contributed by atoms with Crippen molar-refractivity contribution in [1.29, 1.82) is 0 Å². The number of benzene rings is 1. The van der Waals surface area contributed by atoms with Crippen LogP contribution in [-0.4, -0.2) is 19.6 Å². The summed E-state index contributed by atoms with van der Waals surface area (Å²) in [4.78, 5) is 15.9. The van der Waals surface area contributed by atoms with Crippen LogP contribution in [0.4, 0.5) is 16.0 Å². The maximum absolute atomic E-state index is 13.1. The average molecular weight is 259 g/mol. The highest BCUT2D eigenvalue weighted by molar-refractivity contribution is 5.56. The van der Waals surface area contributed by atoms with Crippen molar-refractivity contribution in [3.63, 3.8) is 0 Å². The third-order valence-electron chi connectivity index (χ3n) is 2.61. The molecule has 3 rings (SSSR count). The summed E-state index contributed by atoms with van der Waals surface area (Å²) in [5.74, 6) is -0.0761. The zero-order valence-electron chi connectivity index (χ0n) is 10.0. The molecule has 2 aromatic heterocycles. The Morgan fingerprint density at radius 1 is 1.37 bits per heavy atom. The SMILES string of the molecule is Cc1cc2n[nH]c(=O)n2c(Nc2cccc(F)c2)n1. The molecule has 0 aliphatic rings. The molecule has 0 saturated carbocycles. The third kappa shape index (κ3) is 2.05. The number of aromatic nitrogens is 4. The Morgan fingerprint density at radius 2 is 2.21 bits per heavy atom. The number of nitrogens with zero attached hydrogens (tertiary/aromatic N) is 3. The van der Waals surface area contributed by atoms with Crippen molar-refractivity contribution in [3.05, 3.63) is 52.3 Å². The van der Waals surface area contributed by atoms with Crippen molar-refractivity contribution in [2.24, 2.45) is 0 Å². The molecular formula is C12H10FN5O. The lowest BCUT2D eigenvalue weighted by Gasteiger charge is -2.07. The normalized spacial score (nSPS) is 10.8. The molecule has 0 amide bonds. The fourth-order valence-corrected chi connectivity index (χ4v) is 1.83. The van der Waals surface area contributed by atoms with E-state index in [0.717, 1.165) is 0 Å². The van der Waals surface area contributed by atoms with Crippen LogP contribution in [-0.2, 0) is 0 Å². The lowest BCUT2D eigenvalue weighted by Crippen LogP contribution is -2.14. The molecule has 0 fully saturated rings. The second kappa shape index (κ2) is 4.20. The Hall–Kier alpha value is -2.70. The predicted molar refractivity (Wildman–Crippen MR) is 68.0 cm³/mol. The van der Waals surface area contributed by atoms with Gasteiger partial charge in [-0.2, -0.15) is 5.10 Å². The van der Waals surface area contributed by atoms with Gasteiger partial charge in [-0.1, -0.05) is 6.07 Å². The minimum atomic E-state index is -0.401. The molecule has 0 saturated heterocycles. The number of H-pyrrole nitrogens is 1. The highest BCUT2D eigenvalue weighted by atomic mass is 19.1. The van der Waals surface area contributed by atoms with E-state index in [1.807, 2.05) is 0 Å². The second-order valence-electron chi connectivity index (χ2n) is 4.08. The van der Waals surface area contributed by atoms with Gasteiger partial charge in [0.05, 0.1) is 0 Å². The van der Waals surface area contributed by atoms with E-state index in [1.54, 1.807) is 25.1 Å². The van der Waals surface area contributed by atoms with Crippen LogP contribution in [0.2, 0.25) is 0 Å². The van der Waals surface area contributed by atoms with Crippen LogP contribution >= 0.6 is 0 Å². The summed E-state index contributed by atoms with van der Waals surface area (Å²) < 4.78 is 14.4. The molecule has 96 valence electrons. The number of aromatic amines is 1. The molecule has 19 heavy (non-hydrogen) atoms. The molecule has 2 N–H and O–H groups in total. The van der Waals surface area contributed by atoms with Gasteiger partial charge in [0.15, 0.2) is 5.65 Å². The van der Waals surface area contributed by atoms with Crippen LogP contribution in [0, 0.1) is 12.7 Å². The first-order valence-corrected chi connectivity index (χ1v) is 5.61. The molecule has 3 aromatic rings. The number of hydrogen-bond donors (Lipinski definition) is 2. The first-order chi connectivity index (χ1) is 9.13. The van der Waals surface area contributed by atoms with Gasteiger partial charge in [-0.25, -0.2) is 23.7 Å². The number of rotatable bonds is 2. The molecule has 1 aromatic carbocycles. The maximum Gasteiger partial charge on any atom is 0.350 e. The van der Waals surface area contributed by atoms with Gasteiger partial charge in [0.2, 0.25) is 5.95 Å². The van der Waals surface area contributed by atoms with E-state index < -0.39 is 5.69 Å². The van der Waals surface area contributed by atoms with Gasteiger partial charge >= 0.3 is 5.69 Å². The largest absolute Gasteiger partial charge is 0.350 e. The molecule has 0 atom stereocenters. The number of halogens is 1. The second-order valence-corrected chi connectivity index (χ2v) is 4.08. The summed E-state index contributed by atoms with van der Waals surface area (Å²) in [6.45, 7) is 1.79. The molecule has 0 unspecified atom stereocenters. The summed E-state index contributed by atoms with van der Waals surface area (Å²) in [7, 11) is 0. The molecular weight excluding hydrogens is 249 g/mol. The zero-order chi connectivity index (χ0) is 13.4. The van der Waals surface area contributed by atoms with Crippen LogP contribution in [0.1, 0.15) is 5.69 Å². The van der Waals surface area contributed by atoms with Crippen molar-refractivity contribution >= 4 is 17.3 Å². The van der Waals surface area contributed by atoms with Crippen molar-refractivity contribution in [2.75, 3.05) is 5.32 Å². The Morgan fingerprint density at radius 3 is 3.00 bits per heavy atom. The Balaban J connectivity index is 2.14. The monoisotopic (exact) mass is 259 g/mol. The molecule has 0 aliphatic carbocycles. The van der Waals surface area contributed by atoms with E-state index in [-0.39, 0.29) is 5.82 Å². The van der Waals surface area contributed by atoms with E-state index in [0.29, 0.717) is 23.0 Å². The van der Waals surface area contributed by atoms with Crippen LogP contribution < -0.4 is 11.0 Å². The lowest BCUT2D eigenvalue weighted by molar-refractivity contribution is 0.628. The fourth-order valence-electron chi connectivity index (χ4n) is 1.83. The van der Waals surface area contributed by atoms with Crippen LogP contribution in [0.15, 0.2) is 35.1 Å². The fraction of sp³-hybridized carbons (Fsp3) is 0.0833. The van der Waals surface area contributed by atoms with Crippen molar-refractivity contribution in [2.45, 2.75) is 6.92 Å². The summed E-state index contributed by atoms with van der Waals surface area (Å²) in [5, 5.41) is 9.12. The average Bonchev–Trinajstić information content (AvgIpc) is 2.71. The molecule has 0 spiro atoms. The highest BCUT2D eigenvalue weighted by Crippen LogP contribution is 2.16. The molecule has 7 heteroatoms. The van der Waals surface area contributed by atoms with E-state index in [2.05, 4.69) is 20.5 Å². The van der Waals surface area contributed by atoms with Crippen molar-refractivity contribution < 1.29 is 4.39 Å². The van der Waals surface area contributed by atoms with Crippen molar-refractivity contribution in [3.8, 4) is 0 Å². The van der Waals surface area contributed by atoms with Gasteiger partial charge in [-0.05, 0) is 25.1 Å². The number of anilines is 2. The van der Waals surface area contributed by atoms with E-state index in [9.17, 15) is 9.18 Å². The van der Waals surface area contributed by atoms with Gasteiger partial charge in [-0.3, -0.25) is 0 Å². The quantitative estimate of drug-likeness (QED) is 0.733. The van der Waals surface area contributed by atoms with Gasteiger partial charge in [-0.15, -0.1) is 0 Å². The third-order valence-corrected chi connectivity index (χ3v) is 2.61. The summed E-state index contributed by atoms with van der Waals surface area (Å²) in [6, 6.07) is 7.59. The smallest absolute Gasteiger partial charge is 0.325 e. The summed E-state index contributed by atoms with van der Waals surface area (Å²) >= 11 is 0. The van der Waals surface area contributed by atoms with E-state index in [4.69, 9.17) is 0 Å². The van der Waals surface area contributed by atoms with Gasteiger partial charge in [0.25, 0.3) is 0 Å². The topological polar surface area (TPSA) is 75.1 Å². The molecule has 0 aliphatic heterocycles. The predicted octanol–water partition coefficient (Wildman–Crippen LogP) is 1.61. The molecule has 0 radical (unpaired) electrons. The summed E-state index contributed by atoms with van der Waals surface area (Å²) in [5.41, 5.74) is 1.26. The molecule has 0 bridgehead atoms. The Kier molecular flexibility index (Phi) is 2.52. The first-order valence-electron chi connectivity index (χ1n) is 5.61. The Bertz CT molecular complexity index is 807. The zero-order valence-corrected chi connectivity index (χ0v) is 10.0. The number of fused-ring (bicyclic) bond motifs is 1. The van der Waals surface area contributed by atoms with Gasteiger partial charge in [0, 0.05) is 17.4 Å².